The van der Waals surface area contributed by atoms with E-state index in [0.717, 1.165) is 0 Å². The third kappa shape index (κ3) is 3.27. The van der Waals surface area contributed by atoms with Crippen LogP contribution in [0.2, 0.25) is 0 Å². The monoisotopic (exact) mass is 222 g/mol. The number of likely N-dealkylation sites (N-methyl/N-ethyl adjacent to an activating group) is 1. The number of aromatic hydroxyl groups is 1. The Hall–Kier alpha value is -2.04. The Morgan fingerprint density at radius 3 is 2.56 bits per heavy atom. The summed E-state index contributed by atoms with van der Waals surface area (Å²) in [4.78, 5) is 23.5. The highest BCUT2D eigenvalue weighted by Crippen LogP contribution is 2.16. The molecule has 3 N–H and O–H groups in total. The van der Waals surface area contributed by atoms with Crippen LogP contribution < -0.4 is 5.73 Å². The Bertz CT molecular complexity index is 404. The van der Waals surface area contributed by atoms with Gasteiger partial charge in [-0.15, -0.1) is 0 Å². The van der Waals surface area contributed by atoms with E-state index in [0.29, 0.717) is 5.56 Å². The summed E-state index contributed by atoms with van der Waals surface area (Å²) >= 11 is 0. The molecule has 5 heteroatoms. The Morgan fingerprint density at radius 1 is 1.38 bits per heavy atom. The zero-order chi connectivity index (χ0) is 12.1. The number of nitrogens with zero attached hydrogens (tertiary/aromatic N) is 1. The number of carbonyl (C=O) groups is 2. The standard InChI is InChI=1S/C11H14N2O3/c1-13(7-10(12)15)11(16)6-8-4-2-3-5-9(8)14/h2-5,14H,6-7H2,1H3,(H2,12,15). The van der Waals surface area contributed by atoms with Gasteiger partial charge in [-0.05, 0) is 6.07 Å². The van der Waals surface area contributed by atoms with E-state index < -0.39 is 5.91 Å². The van der Waals surface area contributed by atoms with Gasteiger partial charge in [0.25, 0.3) is 0 Å². The zero-order valence-electron chi connectivity index (χ0n) is 9.01. The van der Waals surface area contributed by atoms with Gasteiger partial charge in [0.15, 0.2) is 0 Å². The van der Waals surface area contributed by atoms with Crippen molar-refractivity contribution < 1.29 is 14.7 Å². The first kappa shape index (κ1) is 12.0. The maximum absolute atomic E-state index is 11.6. The van der Waals surface area contributed by atoms with Crippen LogP contribution in [0.5, 0.6) is 5.75 Å². The topological polar surface area (TPSA) is 83.6 Å². The van der Waals surface area contributed by atoms with E-state index in [9.17, 15) is 14.7 Å². The molecular weight excluding hydrogens is 208 g/mol. The van der Waals surface area contributed by atoms with Crippen molar-refractivity contribution in [2.45, 2.75) is 6.42 Å². The Morgan fingerprint density at radius 2 is 2.00 bits per heavy atom. The van der Waals surface area contributed by atoms with Gasteiger partial charge in [0.1, 0.15) is 5.75 Å². The minimum absolute atomic E-state index is 0.0520. The second-order valence-corrected chi connectivity index (χ2v) is 3.52. The van der Waals surface area contributed by atoms with Crippen molar-refractivity contribution in [1.82, 2.24) is 4.90 Å². The first-order valence-electron chi connectivity index (χ1n) is 4.80. The van der Waals surface area contributed by atoms with Crippen molar-refractivity contribution in [3.63, 3.8) is 0 Å². The van der Waals surface area contributed by atoms with Gasteiger partial charge in [-0.1, -0.05) is 18.2 Å². The van der Waals surface area contributed by atoms with Crippen LogP contribution in [0, 0.1) is 0 Å². The molecule has 1 rings (SSSR count). The lowest BCUT2D eigenvalue weighted by Crippen LogP contribution is -2.36. The van der Waals surface area contributed by atoms with Gasteiger partial charge in [0.05, 0.1) is 13.0 Å². The number of hydrogen-bond donors (Lipinski definition) is 2. The molecule has 0 aliphatic carbocycles. The largest absolute Gasteiger partial charge is 0.508 e. The van der Waals surface area contributed by atoms with Gasteiger partial charge in [-0.3, -0.25) is 9.59 Å². The summed E-state index contributed by atoms with van der Waals surface area (Å²) in [5.41, 5.74) is 5.50. The van der Waals surface area contributed by atoms with Crippen LogP contribution in [-0.4, -0.2) is 35.4 Å². The molecule has 0 unspecified atom stereocenters. The summed E-state index contributed by atoms with van der Waals surface area (Å²) in [6, 6.07) is 6.58. The number of hydrogen-bond acceptors (Lipinski definition) is 3. The van der Waals surface area contributed by atoms with E-state index in [4.69, 9.17) is 5.73 Å². The third-order valence-electron chi connectivity index (χ3n) is 2.15. The quantitative estimate of drug-likeness (QED) is 0.744. The highest BCUT2D eigenvalue weighted by atomic mass is 16.3. The average molecular weight is 222 g/mol. The van der Waals surface area contributed by atoms with Crippen LogP contribution in [0.3, 0.4) is 0 Å². The lowest BCUT2D eigenvalue weighted by molar-refractivity contribution is -0.133. The summed E-state index contributed by atoms with van der Waals surface area (Å²) in [7, 11) is 1.49. The maximum atomic E-state index is 11.6. The van der Waals surface area contributed by atoms with E-state index in [2.05, 4.69) is 0 Å². The van der Waals surface area contributed by atoms with Crippen molar-refractivity contribution in [3.05, 3.63) is 29.8 Å². The van der Waals surface area contributed by atoms with Crippen LogP contribution in [0.25, 0.3) is 0 Å². The van der Waals surface area contributed by atoms with Crippen LogP contribution >= 0.6 is 0 Å². The summed E-state index contributed by atoms with van der Waals surface area (Å²) in [6.45, 7) is -0.119. The minimum Gasteiger partial charge on any atom is -0.508 e. The summed E-state index contributed by atoms with van der Waals surface area (Å²) < 4.78 is 0. The van der Waals surface area contributed by atoms with Crippen LogP contribution in [-0.2, 0) is 16.0 Å². The molecular formula is C11H14N2O3. The first-order valence-corrected chi connectivity index (χ1v) is 4.80. The third-order valence-corrected chi connectivity index (χ3v) is 2.15. The van der Waals surface area contributed by atoms with Crippen LogP contribution in [0.1, 0.15) is 5.56 Å². The van der Waals surface area contributed by atoms with Gasteiger partial charge < -0.3 is 15.7 Å². The number of phenols is 1. The Kier molecular flexibility index (Phi) is 3.88. The van der Waals surface area contributed by atoms with Crippen molar-refractivity contribution in [2.24, 2.45) is 5.73 Å². The molecule has 0 aliphatic rings. The molecule has 1 aromatic rings. The second-order valence-electron chi connectivity index (χ2n) is 3.52. The molecule has 0 aliphatic heterocycles. The van der Waals surface area contributed by atoms with Crippen molar-refractivity contribution in [3.8, 4) is 5.75 Å². The lowest BCUT2D eigenvalue weighted by atomic mass is 10.1. The normalized spacial score (nSPS) is 9.81. The second kappa shape index (κ2) is 5.16. The van der Waals surface area contributed by atoms with E-state index >= 15 is 0 Å². The Labute approximate surface area is 93.5 Å². The van der Waals surface area contributed by atoms with Gasteiger partial charge in [-0.2, -0.15) is 0 Å². The minimum atomic E-state index is -0.562. The zero-order valence-corrected chi connectivity index (χ0v) is 9.01. The molecule has 0 spiro atoms. The van der Waals surface area contributed by atoms with E-state index in [1.165, 1.54) is 18.0 Å². The number of phenolic OH excluding ortho intramolecular Hbond substituents is 1. The number of primary amides is 1. The fraction of sp³-hybridized carbons (Fsp3) is 0.273. The van der Waals surface area contributed by atoms with Crippen LogP contribution in [0.4, 0.5) is 0 Å². The molecule has 0 heterocycles. The molecule has 16 heavy (non-hydrogen) atoms. The molecule has 2 amide bonds. The average Bonchev–Trinajstić information content (AvgIpc) is 2.20. The summed E-state index contributed by atoms with van der Waals surface area (Å²) in [6.07, 6.45) is 0.0520. The molecule has 86 valence electrons. The first-order chi connectivity index (χ1) is 7.50. The number of nitrogens with two attached hydrogens (primary N) is 1. The number of rotatable bonds is 4. The summed E-state index contributed by atoms with van der Waals surface area (Å²) in [5.74, 6) is -0.753. The molecule has 0 atom stereocenters. The van der Waals surface area contributed by atoms with Gasteiger partial charge >= 0.3 is 0 Å². The molecule has 0 fully saturated rings. The lowest BCUT2D eigenvalue weighted by Gasteiger charge is -2.15. The van der Waals surface area contributed by atoms with Gasteiger partial charge in [0, 0.05) is 12.6 Å². The maximum Gasteiger partial charge on any atom is 0.237 e. The molecule has 0 saturated heterocycles. The number of amides is 2. The van der Waals surface area contributed by atoms with Crippen molar-refractivity contribution >= 4 is 11.8 Å². The highest BCUT2D eigenvalue weighted by Gasteiger charge is 2.13. The predicted octanol–water partition coefficient (Wildman–Crippen LogP) is -0.122. The van der Waals surface area contributed by atoms with Crippen molar-refractivity contribution in [1.29, 1.82) is 0 Å². The fourth-order valence-electron chi connectivity index (χ4n) is 1.28. The predicted molar refractivity (Wildman–Crippen MR) is 58.6 cm³/mol. The van der Waals surface area contributed by atoms with E-state index in [1.54, 1.807) is 18.2 Å². The molecule has 0 aromatic heterocycles. The summed E-state index contributed by atoms with van der Waals surface area (Å²) in [5, 5.41) is 9.46. The van der Waals surface area contributed by atoms with Crippen molar-refractivity contribution in [2.75, 3.05) is 13.6 Å². The van der Waals surface area contributed by atoms with E-state index in [-0.39, 0.29) is 24.6 Å². The molecule has 0 saturated carbocycles. The number of carbonyl (C=O) groups excluding carboxylic acids is 2. The SMILES string of the molecule is CN(CC(N)=O)C(=O)Cc1ccccc1O. The number of benzene rings is 1. The van der Waals surface area contributed by atoms with Gasteiger partial charge in [0.2, 0.25) is 11.8 Å². The van der Waals surface area contributed by atoms with Gasteiger partial charge in [-0.25, -0.2) is 0 Å². The molecule has 0 radical (unpaired) electrons. The number of para-hydroxylation sites is 1. The molecule has 0 bridgehead atoms. The molecule has 5 nitrogen and oxygen atoms in total. The molecule has 1 aromatic carbocycles. The Balaban J connectivity index is 2.64. The smallest absolute Gasteiger partial charge is 0.237 e. The highest BCUT2D eigenvalue weighted by molar-refractivity contribution is 5.85. The van der Waals surface area contributed by atoms with Crippen LogP contribution in [0.15, 0.2) is 24.3 Å². The fourth-order valence-corrected chi connectivity index (χ4v) is 1.28. The van der Waals surface area contributed by atoms with E-state index in [1.807, 2.05) is 0 Å².